The van der Waals surface area contributed by atoms with E-state index in [0.29, 0.717) is 24.1 Å². The molecule has 0 fully saturated rings. The van der Waals surface area contributed by atoms with Gasteiger partial charge in [0.25, 0.3) is 0 Å². The first-order valence-electron chi connectivity index (χ1n) is 5.00. The highest BCUT2D eigenvalue weighted by Gasteiger charge is 2.10. The summed E-state index contributed by atoms with van der Waals surface area (Å²) in [5, 5.41) is 2.64. The zero-order valence-electron chi connectivity index (χ0n) is 9.30. The number of nitrogen functional groups attached to an aromatic ring is 1. The number of nitrogens with one attached hydrogen (secondary N) is 2. The number of hydrazine groups is 1. The van der Waals surface area contributed by atoms with E-state index < -0.39 is 22.4 Å². The predicted molar refractivity (Wildman–Crippen MR) is 64.0 cm³/mol. The number of anilines is 2. The molecule has 0 aliphatic rings. The molecule has 17 heavy (non-hydrogen) atoms. The molecule has 0 amide bonds. The molecule has 0 saturated carbocycles. The van der Waals surface area contributed by atoms with E-state index >= 15 is 0 Å². The van der Waals surface area contributed by atoms with E-state index in [1.54, 1.807) is 6.92 Å². The van der Waals surface area contributed by atoms with Crippen molar-refractivity contribution in [3.05, 3.63) is 17.7 Å². The lowest BCUT2D eigenvalue weighted by Gasteiger charge is -2.08. The molecular formula is C9H14F2N4OS. The number of hydrogen-bond acceptors (Lipinski definition) is 5. The quantitative estimate of drug-likeness (QED) is 0.524. The predicted octanol–water partition coefficient (Wildman–Crippen LogP) is 0.826. The minimum atomic E-state index is -0.946. The number of nitrogens with zero attached hydrogens (tertiary/aromatic N) is 1. The molecule has 1 atom stereocenters. The molecule has 5 nitrogen and oxygen atoms in total. The molecule has 0 bridgehead atoms. The third-order valence-corrected chi connectivity index (χ3v) is 3.31. The highest BCUT2D eigenvalue weighted by Crippen LogP contribution is 2.17. The highest BCUT2D eigenvalue weighted by molar-refractivity contribution is 7.84. The summed E-state index contributed by atoms with van der Waals surface area (Å²) >= 11 is 0. The van der Waals surface area contributed by atoms with Crippen molar-refractivity contribution in [2.24, 2.45) is 5.84 Å². The van der Waals surface area contributed by atoms with Crippen LogP contribution in [0.2, 0.25) is 0 Å². The Balaban J connectivity index is 2.67. The highest BCUT2D eigenvalue weighted by atomic mass is 32.2. The van der Waals surface area contributed by atoms with Gasteiger partial charge in [-0.15, -0.1) is 0 Å². The van der Waals surface area contributed by atoms with Crippen molar-refractivity contribution in [2.45, 2.75) is 6.92 Å². The lowest BCUT2D eigenvalue weighted by molar-refractivity contribution is 0.578. The first kappa shape index (κ1) is 13.8. The van der Waals surface area contributed by atoms with Gasteiger partial charge in [0.2, 0.25) is 0 Å². The fourth-order valence-corrected chi connectivity index (χ4v) is 1.74. The lowest BCUT2D eigenvalue weighted by atomic mass is 10.4. The van der Waals surface area contributed by atoms with Crippen LogP contribution in [0.25, 0.3) is 0 Å². The summed E-state index contributed by atoms with van der Waals surface area (Å²) in [5.74, 6) is 3.88. The molecule has 8 heteroatoms. The Labute approximate surface area is 100 Å². The molecule has 1 aromatic rings. The minimum absolute atomic E-state index is 0.118. The zero-order chi connectivity index (χ0) is 12.8. The first-order valence-corrected chi connectivity index (χ1v) is 6.48. The summed E-state index contributed by atoms with van der Waals surface area (Å²) in [6.07, 6.45) is 0. The van der Waals surface area contributed by atoms with Crippen LogP contribution in [0.4, 0.5) is 20.4 Å². The standard InChI is InChI=1S/C9H14F2N4OS/c1-2-17(16)4-3-13-8-6(10)5-7(11)9(14-8)15-12/h5H,2-4,12H2,1H3,(H2,13,14,15). The molecule has 4 N–H and O–H groups in total. The summed E-state index contributed by atoms with van der Waals surface area (Å²) in [4.78, 5) is 3.62. The summed E-state index contributed by atoms with van der Waals surface area (Å²) in [6, 6.07) is 0.682. The Morgan fingerprint density at radius 1 is 1.41 bits per heavy atom. The monoisotopic (exact) mass is 264 g/mol. The van der Waals surface area contributed by atoms with Crippen molar-refractivity contribution in [3.8, 4) is 0 Å². The Morgan fingerprint density at radius 2 is 2.06 bits per heavy atom. The van der Waals surface area contributed by atoms with Gasteiger partial charge in [-0.25, -0.2) is 19.6 Å². The van der Waals surface area contributed by atoms with Crippen LogP contribution < -0.4 is 16.6 Å². The van der Waals surface area contributed by atoms with E-state index in [0.717, 1.165) is 0 Å². The van der Waals surface area contributed by atoms with Crippen LogP contribution in [0.15, 0.2) is 6.07 Å². The van der Waals surface area contributed by atoms with Crippen LogP contribution in [0.3, 0.4) is 0 Å². The molecule has 0 aliphatic heterocycles. The number of aromatic nitrogens is 1. The van der Waals surface area contributed by atoms with Gasteiger partial charge < -0.3 is 10.7 Å². The molecule has 1 unspecified atom stereocenters. The third-order valence-electron chi connectivity index (χ3n) is 2.01. The molecular weight excluding hydrogens is 250 g/mol. The SMILES string of the molecule is CCS(=O)CCNc1nc(NN)c(F)cc1F. The van der Waals surface area contributed by atoms with Crippen molar-refractivity contribution < 1.29 is 13.0 Å². The van der Waals surface area contributed by atoms with Gasteiger partial charge in [-0.3, -0.25) is 4.21 Å². The molecule has 1 heterocycles. The van der Waals surface area contributed by atoms with Crippen molar-refractivity contribution >= 4 is 22.4 Å². The number of pyridine rings is 1. The van der Waals surface area contributed by atoms with Crippen LogP contribution >= 0.6 is 0 Å². The van der Waals surface area contributed by atoms with Gasteiger partial charge in [-0.2, -0.15) is 0 Å². The van der Waals surface area contributed by atoms with E-state index in [-0.39, 0.29) is 11.6 Å². The summed E-state index contributed by atoms with van der Waals surface area (Å²) in [5.41, 5.74) is 2.02. The maximum atomic E-state index is 13.3. The van der Waals surface area contributed by atoms with E-state index in [9.17, 15) is 13.0 Å². The van der Waals surface area contributed by atoms with Crippen LogP contribution in [0.5, 0.6) is 0 Å². The number of rotatable bonds is 6. The number of halogens is 2. The van der Waals surface area contributed by atoms with E-state index in [4.69, 9.17) is 5.84 Å². The summed E-state index contributed by atoms with van der Waals surface area (Å²) < 4.78 is 37.4. The van der Waals surface area contributed by atoms with Crippen molar-refractivity contribution in [2.75, 3.05) is 28.8 Å². The molecule has 0 radical (unpaired) electrons. The minimum Gasteiger partial charge on any atom is -0.367 e. The van der Waals surface area contributed by atoms with Crippen molar-refractivity contribution in [1.82, 2.24) is 4.98 Å². The molecule has 96 valence electrons. The second-order valence-corrected chi connectivity index (χ2v) is 5.02. The molecule has 1 aromatic heterocycles. The van der Waals surface area contributed by atoms with Gasteiger partial charge in [0.15, 0.2) is 23.3 Å². The topological polar surface area (TPSA) is 80.0 Å². The fraction of sp³-hybridized carbons (Fsp3) is 0.444. The third kappa shape index (κ3) is 3.90. The van der Waals surface area contributed by atoms with Crippen LogP contribution in [0.1, 0.15) is 6.92 Å². The van der Waals surface area contributed by atoms with E-state index in [1.165, 1.54) is 0 Å². The van der Waals surface area contributed by atoms with E-state index in [1.807, 2.05) is 5.43 Å². The van der Waals surface area contributed by atoms with Crippen LogP contribution in [-0.2, 0) is 10.8 Å². The maximum absolute atomic E-state index is 13.3. The average Bonchev–Trinajstić information content (AvgIpc) is 2.31. The lowest BCUT2D eigenvalue weighted by Crippen LogP contribution is -2.16. The smallest absolute Gasteiger partial charge is 0.178 e. The Morgan fingerprint density at radius 3 is 2.65 bits per heavy atom. The zero-order valence-corrected chi connectivity index (χ0v) is 10.1. The average molecular weight is 264 g/mol. The second kappa shape index (κ2) is 6.45. The Bertz CT molecular complexity index is 416. The van der Waals surface area contributed by atoms with Crippen molar-refractivity contribution in [3.63, 3.8) is 0 Å². The molecule has 0 spiro atoms. The number of nitrogens with two attached hydrogens (primary N) is 1. The molecule has 0 aliphatic carbocycles. The van der Waals surface area contributed by atoms with Gasteiger partial charge >= 0.3 is 0 Å². The van der Waals surface area contributed by atoms with Gasteiger partial charge in [0.05, 0.1) is 0 Å². The normalized spacial score (nSPS) is 12.2. The largest absolute Gasteiger partial charge is 0.367 e. The van der Waals surface area contributed by atoms with Gasteiger partial charge in [0.1, 0.15) is 0 Å². The number of hydrogen-bond donors (Lipinski definition) is 3. The Kier molecular flexibility index (Phi) is 5.23. The molecule has 0 aromatic carbocycles. The Hall–Kier alpha value is -1.28. The van der Waals surface area contributed by atoms with Gasteiger partial charge in [-0.05, 0) is 0 Å². The van der Waals surface area contributed by atoms with Gasteiger partial charge in [0, 0.05) is 34.9 Å². The van der Waals surface area contributed by atoms with Crippen LogP contribution in [0, 0.1) is 11.6 Å². The first-order chi connectivity index (χ1) is 8.08. The van der Waals surface area contributed by atoms with E-state index in [2.05, 4.69) is 10.3 Å². The second-order valence-electron chi connectivity index (χ2n) is 3.15. The molecule has 1 rings (SSSR count). The maximum Gasteiger partial charge on any atom is 0.178 e. The van der Waals surface area contributed by atoms with Crippen molar-refractivity contribution in [1.29, 1.82) is 0 Å². The summed E-state index contributed by atoms with van der Waals surface area (Å²) in [6.45, 7) is 2.09. The summed E-state index contributed by atoms with van der Waals surface area (Å²) in [7, 11) is -0.946. The van der Waals surface area contributed by atoms with Gasteiger partial charge in [-0.1, -0.05) is 6.92 Å². The van der Waals surface area contributed by atoms with Crippen LogP contribution in [-0.4, -0.2) is 27.2 Å². The fourth-order valence-electron chi connectivity index (χ4n) is 1.12. The molecule has 0 saturated heterocycles.